The summed E-state index contributed by atoms with van der Waals surface area (Å²) in [5, 5.41) is 3.41. The van der Waals surface area contributed by atoms with E-state index in [1.165, 1.54) is 16.8 Å². The Labute approximate surface area is 133 Å². The van der Waals surface area contributed by atoms with Gasteiger partial charge >= 0.3 is 0 Å². The van der Waals surface area contributed by atoms with Crippen LogP contribution in [0.15, 0.2) is 18.2 Å². The largest absolute Gasteiger partial charge is 0.369 e. The lowest BCUT2D eigenvalue weighted by Gasteiger charge is -2.37. The molecule has 1 amide bonds. The number of nitrogens with one attached hydrogen (secondary N) is 1. The van der Waals surface area contributed by atoms with Gasteiger partial charge < -0.3 is 15.1 Å². The molecule has 1 aromatic carbocycles. The van der Waals surface area contributed by atoms with Crippen molar-refractivity contribution in [3.8, 4) is 0 Å². The van der Waals surface area contributed by atoms with Crippen molar-refractivity contribution in [2.75, 3.05) is 37.6 Å². The molecule has 1 fully saturated rings. The summed E-state index contributed by atoms with van der Waals surface area (Å²) in [4.78, 5) is 17.1. The van der Waals surface area contributed by atoms with Crippen molar-refractivity contribution < 1.29 is 4.79 Å². The van der Waals surface area contributed by atoms with Gasteiger partial charge in [0.25, 0.3) is 0 Å². The van der Waals surface area contributed by atoms with Gasteiger partial charge in [-0.1, -0.05) is 32.9 Å². The van der Waals surface area contributed by atoms with Crippen LogP contribution in [0.2, 0.25) is 0 Å². The predicted octanol–water partition coefficient (Wildman–Crippen LogP) is 2.03. The molecule has 2 aliphatic rings. The zero-order chi connectivity index (χ0) is 15.7. The molecule has 0 unspecified atom stereocenters. The maximum atomic E-state index is 12.6. The molecule has 0 atom stereocenters. The Morgan fingerprint density at radius 1 is 1.14 bits per heavy atom. The Morgan fingerprint density at radius 3 is 2.55 bits per heavy atom. The molecular weight excluding hydrogens is 274 g/mol. The lowest BCUT2D eigenvalue weighted by molar-refractivity contribution is -0.140. The average molecular weight is 301 g/mol. The van der Waals surface area contributed by atoms with Crippen LogP contribution in [0.1, 0.15) is 31.9 Å². The van der Waals surface area contributed by atoms with E-state index in [-0.39, 0.29) is 11.3 Å². The molecule has 1 N–H and O–H groups in total. The molecule has 0 bridgehead atoms. The number of amides is 1. The Morgan fingerprint density at radius 2 is 1.86 bits per heavy atom. The van der Waals surface area contributed by atoms with Crippen LogP contribution in [0.4, 0.5) is 5.69 Å². The van der Waals surface area contributed by atoms with E-state index in [0.29, 0.717) is 0 Å². The highest BCUT2D eigenvalue weighted by Gasteiger charge is 2.31. The number of hydrogen-bond acceptors (Lipinski definition) is 3. The zero-order valence-electron chi connectivity index (χ0n) is 14.0. The molecule has 0 saturated carbocycles. The van der Waals surface area contributed by atoms with E-state index in [1.54, 1.807) is 0 Å². The molecule has 2 aliphatic heterocycles. The second-order valence-corrected chi connectivity index (χ2v) is 7.38. The maximum absolute atomic E-state index is 12.6. The molecule has 3 rings (SSSR count). The summed E-state index contributed by atoms with van der Waals surface area (Å²) in [5.41, 5.74) is 3.79. The van der Waals surface area contributed by atoms with Crippen molar-refractivity contribution in [2.45, 2.75) is 33.7 Å². The Balaban J connectivity index is 1.87. The lowest BCUT2D eigenvalue weighted by Crippen LogP contribution is -2.46. The minimum absolute atomic E-state index is 0.258. The van der Waals surface area contributed by atoms with E-state index < -0.39 is 0 Å². The highest BCUT2D eigenvalue weighted by Crippen LogP contribution is 2.31. The van der Waals surface area contributed by atoms with Gasteiger partial charge in [-0.15, -0.1) is 0 Å². The first-order chi connectivity index (χ1) is 10.5. The third-order valence-corrected chi connectivity index (χ3v) is 4.63. The number of carbonyl (C=O) groups is 1. The van der Waals surface area contributed by atoms with Gasteiger partial charge in [-0.2, -0.15) is 0 Å². The fourth-order valence-electron chi connectivity index (χ4n) is 3.41. The minimum Gasteiger partial charge on any atom is -0.369 e. The highest BCUT2D eigenvalue weighted by molar-refractivity contribution is 5.82. The van der Waals surface area contributed by atoms with Gasteiger partial charge in [0.15, 0.2) is 0 Å². The molecule has 120 valence electrons. The lowest BCUT2D eigenvalue weighted by atomic mass is 9.91. The van der Waals surface area contributed by atoms with Crippen LogP contribution >= 0.6 is 0 Å². The summed E-state index contributed by atoms with van der Waals surface area (Å²) < 4.78 is 0. The second kappa shape index (κ2) is 5.92. The van der Waals surface area contributed by atoms with Crippen LogP contribution in [-0.2, 0) is 17.8 Å². The van der Waals surface area contributed by atoms with Gasteiger partial charge in [-0.3, -0.25) is 4.79 Å². The van der Waals surface area contributed by atoms with Crippen LogP contribution in [-0.4, -0.2) is 43.5 Å². The third kappa shape index (κ3) is 2.98. The molecule has 1 saturated heterocycles. The first kappa shape index (κ1) is 15.3. The number of nitrogens with zero attached hydrogens (tertiary/aromatic N) is 2. The van der Waals surface area contributed by atoms with E-state index in [0.717, 1.165) is 45.7 Å². The molecule has 2 heterocycles. The van der Waals surface area contributed by atoms with E-state index in [9.17, 15) is 4.79 Å². The normalized spacial score (nSPS) is 19.0. The number of hydrogen-bond donors (Lipinski definition) is 1. The van der Waals surface area contributed by atoms with E-state index in [2.05, 4.69) is 28.4 Å². The van der Waals surface area contributed by atoms with Gasteiger partial charge in [0.2, 0.25) is 5.91 Å². The van der Waals surface area contributed by atoms with Gasteiger partial charge in [-0.05, 0) is 23.6 Å². The Bertz CT molecular complexity index is 556. The van der Waals surface area contributed by atoms with Crippen LogP contribution in [0.25, 0.3) is 0 Å². The Kier molecular flexibility index (Phi) is 4.13. The molecule has 0 aromatic heterocycles. The van der Waals surface area contributed by atoms with E-state index in [4.69, 9.17) is 0 Å². The molecule has 22 heavy (non-hydrogen) atoms. The van der Waals surface area contributed by atoms with Gasteiger partial charge in [0, 0.05) is 50.4 Å². The number of benzene rings is 1. The third-order valence-electron chi connectivity index (χ3n) is 4.63. The summed E-state index contributed by atoms with van der Waals surface area (Å²) >= 11 is 0. The number of piperazine rings is 1. The molecule has 4 heteroatoms. The Hall–Kier alpha value is -1.55. The van der Waals surface area contributed by atoms with Crippen molar-refractivity contribution in [2.24, 2.45) is 5.41 Å². The SMILES string of the molecule is CC(C)(C)C(=O)N1CCc2cccc(N3CCNCC3)c2C1. The summed E-state index contributed by atoms with van der Waals surface area (Å²) in [6.45, 7) is 11.8. The molecule has 0 spiro atoms. The number of anilines is 1. The first-order valence-electron chi connectivity index (χ1n) is 8.32. The van der Waals surface area contributed by atoms with Crippen LogP contribution in [0, 0.1) is 5.41 Å². The molecule has 4 nitrogen and oxygen atoms in total. The summed E-state index contributed by atoms with van der Waals surface area (Å²) in [6, 6.07) is 6.60. The monoisotopic (exact) mass is 301 g/mol. The topological polar surface area (TPSA) is 35.6 Å². The van der Waals surface area contributed by atoms with Crippen molar-refractivity contribution in [3.63, 3.8) is 0 Å². The van der Waals surface area contributed by atoms with Crippen molar-refractivity contribution >= 4 is 11.6 Å². The smallest absolute Gasteiger partial charge is 0.228 e. The highest BCUT2D eigenvalue weighted by atomic mass is 16.2. The summed E-state index contributed by atoms with van der Waals surface area (Å²) in [7, 11) is 0. The molecular formula is C18H27N3O. The average Bonchev–Trinajstić information content (AvgIpc) is 2.53. The standard InChI is InChI=1S/C18H27N3O/c1-18(2,3)17(22)21-10-7-14-5-4-6-16(15(14)13-21)20-11-8-19-9-12-20/h4-6,19H,7-13H2,1-3H3. The summed E-state index contributed by atoms with van der Waals surface area (Å²) in [5.74, 6) is 0.258. The first-order valence-corrected chi connectivity index (χ1v) is 8.32. The van der Waals surface area contributed by atoms with Crippen molar-refractivity contribution in [1.82, 2.24) is 10.2 Å². The number of rotatable bonds is 1. The van der Waals surface area contributed by atoms with Crippen molar-refractivity contribution in [1.29, 1.82) is 0 Å². The van der Waals surface area contributed by atoms with Crippen LogP contribution < -0.4 is 10.2 Å². The molecule has 0 aliphatic carbocycles. The second-order valence-electron chi connectivity index (χ2n) is 7.38. The number of fused-ring (bicyclic) bond motifs is 1. The van der Waals surface area contributed by atoms with Crippen LogP contribution in [0.3, 0.4) is 0 Å². The van der Waals surface area contributed by atoms with Gasteiger partial charge in [-0.25, -0.2) is 0 Å². The quantitative estimate of drug-likeness (QED) is 0.862. The molecule has 1 aromatic rings. The van der Waals surface area contributed by atoms with Gasteiger partial charge in [0.1, 0.15) is 0 Å². The van der Waals surface area contributed by atoms with Crippen molar-refractivity contribution in [3.05, 3.63) is 29.3 Å². The van der Waals surface area contributed by atoms with Gasteiger partial charge in [0.05, 0.1) is 0 Å². The maximum Gasteiger partial charge on any atom is 0.228 e. The fraction of sp³-hybridized carbons (Fsp3) is 0.611. The van der Waals surface area contributed by atoms with Crippen LogP contribution in [0.5, 0.6) is 0 Å². The fourth-order valence-corrected chi connectivity index (χ4v) is 3.41. The number of carbonyl (C=O) groups excluding carboxylic acids is 1. The van der Waals surface area contributed by atoms with E-state index >= 15 is 0 Å². The van der Waals surface area contributed by atoms with E-state index in [1.807, 2.05) is 25.7 Å². The minimum atomic E-state index is -0.304. The zero-order valence-corrected chi connectivity index (χ0v) is 14.0. The predicted molar refractivity (Wildman–Crippen MR) is 90.1 cm³/mol. The summed E-state index contributed by atoms with van der Waals surface area (Å²) in [6.07, 6.45) is 0.969. The molecule has 0 radical (unpaired) electrons.